The Bertz CT molecular complexity index is 397. The molecule has 0 aliphatic rings. The van der Waals surface area contributed by atoms with E-state index in [4.69, 9.17) is 0 Å². The smallest absolute Gasteiger partial charge is 0.126 e. The molecule has 114 valence electrons. The van der Waals surface area contributed by atoms with Crippen molar-refractivity contribution >= 4 is 0 Å². The minimum absolute atomic E-state index is 0.0316. The highest BCUT2D eigenvalue weighted by Gasteiger charge is 2.24. The predicted octanol–water partition coefficient (Wildman–Crippen LogP) is 4.56. The summed E-state index contributed by atoms with van der Waals surface area (Å²) in [4.78, 5) is 0. The lowest BCUT2D eigenvalue weighted by atomic mass is 9.79. The van der Waals surface area contributed by atoms with Gasteiger partial charge in [0.05, 0.1) is 0 Å². The van der Waals surface area contributed by atoms with Crippen LogP contribution in [-0.4, -0.2) is 13.1 Å². The third-order valence-corrected chi connectivity index (χ3v) is 3.51. The Morgan fingerprint density at radius 3 is 2.25 bits per heavy atom. The molecule has 0 aliphatic carbocycles. The van der Waals surface area contributed by atoms with Gasteiger partial charge in [-0.3, -0.25) is 0 Å². The maximum Gasteiger partial charge on any atom is 0.126 e. The number of hydrogen-bond donors (Lipinski definition) is 1. The van der Waals surface area contributed by atoms with E-state index in [1.807, 2.05) is 0 Å². The molecular formula is C17H27F2N. The van der Waals surface area contributed by atoms with Crippen molar-refractivity contribution in [1.82, 2.24) is 5.32 Å². The minimum atomic E-state index is -0.492. The molecule has 20 heavy (non-hydrogen) atoms. The first-order valence-corrected chi connectivity index (χ1v) is 7.50. The molecule has 1 aromatic carbocycles. The van der Waals surface area contributed by atoms with E-state index in [-0.39, 0.29) is 5.41 Å². The molecule has 0 spiro atoms. The van der Waals surface area contributed by atoms with Gasteiger partial charge in [-0.15, -0.1) is 0 Å². The summed E-state index contributed by atoms with van der Waals surface area (Å²) >= 11 is 0. The fraction of sp³-hybridized carbons (Fsp3) is 0.647. The van der Waals surface area contributed by atoms with Gasteiger partial charge in [0.25, 0.3) is 0 Å². The van der Waals surface area contributed by atoms with Gasteiger partial charge in [-0.05, 0) is 48.4 Å². The van der Waals surface area contributed by atoms with Gasteiger partial charge >= 0.3 is 0 Å². The molecule has 0 radical (unpaired) electrons. The molecule has 0 aromatic heterocycles. The monoisotopic (exact) mass is 283 g/mol. The Morgan fingerprint density at radius 1 is 1.15 bits per heavy atom. The quantitative estimate of drug-likeness (QED) is 0.737. The zero-order valence-electron chi connectivity index (χ0n) is 13.1. The van der Waals surface area contributed by atoms with E-state index in [2.05, 4.69) is 33.0 Å². The lowest BCUT2D eigenvalue weighted by Gasteiger charge is -2.30. The summed E-state index contributed by atoms with van der Waals surface area (Å²) in [5.41, 5.74) is 0.772. The Labute approximate surface area is 121 Å². The van der Waals surface area contributed by atoms with Gasteiger partial charge in [0.2, 0.25) is 0 Å². The molecule has 1 rings (SSSR count). The van der Waals surface area contributed by atoms with Crippen LogP contribution in [0.4, 0.5) is 8.78 Å². The van der Waals surface area contributed by atoms with E-state index in [1.165, 1.54) is 12.1 Å². The Balaban J connectivity index is 2.73. The summed E-state index contributed by atoms with van der Waals surface area (Å²) in [5, 5.41) is 3.47. The third kappa shape index (κ3) is 6.00. The fourth-order valence-electron chi connectivity index (χ4n) is 2.71. The largest absolute Gasteiger partial charge is 0.316 e. The number of rotatable bonds is 8. The van der Waals surface area contributed by atoms with E-state index in [1.54, 1.807) is 0 Å². The topological polar surface area (TPSA) is 12.0 Å². The number of hydrogen-bond acceptors (Lipinski definition) is 1. The highest BCUT2D eigenvalue weighted by atomic mass is 19.1. The highest BCUT2D eigenvalue weighted by Crippen LogP contribution is 2.28. The van der Waals surface area contributed by atoms with Crippen molar-refractivity contribution in [1.29, 1.82) is 0 Å². The zero-order chi connectivity index (χ0) is 15.2. The Hall–Kier alpha value is -0.960. The maximum absolute atomic E-state index is 13.3. The molecule has 0 fully saturated rings. The van der Waals surface area contributed by atoms with Crippen LogP contribution < -0.4 is 5.32 Å². The minimum Gasteiger partial charge on any atom is -0.316 e. The first-order valence-electron chi connectivity index (χ1n) is 7.50. The van der Waals surface area contributed by atoms with E-state index < -0.39 is 11.6 Å². The van der Waals surface area contributed by atoms with Crippen molar-refractivity contribution in [3.05, 3.63) is 35.4 Å². The van der Waals surface area contributed by atoms with E-state index in [9.17, 15) is 8.78 Å². The average Bonchev–Trinajstić information content (AvgIpc) is 2.26. The molecule has 1 aromatic rings. The second-order valence-corrected chi connectivity index (χ2v) is 6.54. The van der Waals surface area contributed by atoms with Crippen molar-refractivity contribution in [2.45, 2.75) is 47.0 Å². The molecule has 0 aliphatic heterocycles. The number of nitrogens with one attached hydrogen (secondary N) is 1. The lowest BCUT2D eigenvalue weighted by molar-refractivity contribution is 0.270. The van der Waals surface area contributed by atoms with Crippen LogP contribution in [0.25, 0.3) is 0 Å². The van der Waals surface area contributed by atoms with Crippen LogP contribution in [-0.2, 0) is 6.42 Å². The highest BCUT2D eigenvalue weighted by molar-refractivity contribution is 5.19. The summed E-state index contributed by atoms with van der Waals surface area (Å²) < 4.78 is 26.6. The molecule has 1 N–H and O–H groups in total. The number of halogens is 2. The summed E-state index contributed by atoms with van der Waals surface area (Å²) in [6.07, 6.45) is 2.80. The molecule has 1 atom stereocenters. The van der Waals surface area contributed by atoms with Crippen LogP contribution in [0, 0.1) is 23.0 Å². The van der Waals surface area contributed by atoms with Gasteiger partial charge in [-0.1, -0.05) is 34.1 Å². The van der Waals surface area contributed by atoms with Gasteiger partial charge in [0.15, 0.2) is 0 Å². The molecule has 0 amide bonds. The van der Waals surface area contributed by atoms with Gasteiger partial charge in [0.1, 0.15) is 11.6 Å². The Morgan fingerprint density at radius 2 is 1.75 bits per heavy atom. The van der Waals surface area contributed by atoms with Crippen molar-refractivity contribution in [2.75, 3.05) is 13.1 Å². The summed E-state index contributed by atoms with van der Waals surface area (Å²) in [6.45, 7) is 10.5. The number of benzene rings is 1. The molecule has 1 unspecified atom stereocenters. The molecule has 1 nitrogen and oxygen atoms in total. The maximum atomic E-state index is 13.3. The summed E-state index contributed by atoms with van der Waals surface area (Å²) in [7, 11) is 0. The average molecular weight is 283 g/mol. The summed E-state index contributed by atoms with van der Waals surface area (Å²) in [6, 6.07) is 3.82. The van der Waals surface area contributed by atoms with Crippen LogP contribution in [0.2, 0.25) is 0 Å². The van der Waals surface area contributed by atoms with Crippen molar-refractivity contribution in [3.63, 3.8) is 0 Å². The molecule has 0 saturated carbocycles. The predicted molar refractivity (Wildman–Crippen MR) is 80.8 cm³/mol. The second kappa shape index (κ2) is 7.72. The SMILES string of the molecule is CCCC(C)(CNCC(C)C)Cc1cc(F)cc(F)c1. The molecule has 0 saturated heterocycles. The fourth-order valence-corrected chi connectivity index (χ4v) is 2.71. The van der Waals surface area contributed by atoms with E-state index >= 15 is 0 Å². The second-order valence-electron chi connectivity index (χ2n) is 6.54. The van der Waals surface area contributed by atoms with E-state index in [0.717, 1.165) is 37.6 Å². The lowest BCUT2D eigenvalue weighted by Crippen LogP contribution is -2.35. The van der Waals surface area contributed by atoms with Crippen molar-refractivity contribution in [2.24, 2.45) is 11.3 Å². The van der Waals surface area contributed by atoms with Gasteiger partial charge in [-0.25, -0.2) is 8.78 Å². The van der Waals surface area contributed by atoms with E-state index in [0.29, 0.717) is 12.3 Å². The van der Waals surface area contributed by atoms with Crippen LogP contribution in [0.5, 0.6) is 0 Å². The first-order chi connectivity index (χ1) is 9.34. The zero-order valence-corrected chi connectivity index (χ0v) is 13.1. The van der Waals surface area contributed by atoms with Crippen LogP contribution in [0.3, 0.4) is 0 Å². The molecule has 3 heteroatoms. The summed E-state index contributed by atoms with van der Waals surface area (Å²) in [5.74, 6) is -0.379. The van der Waals surface area contributed by atoms with Crippen LogP contribution in [0.15, 0.2) is 18.2 Å². The van der Waals surface area contributed by atoms with Crippen molar-refractivity contribution < 1.29 is 8.78 Å². The normalized spacial score (nSPS) is 14.6. The van der Waals surface area contributed by atoms with Crippen LogP contribution in [0.1, 0.15) is 46.1 Å². The van der Waals surface area contributed by atoms with Gasteiger partial charge in [0, 0.05) is 12.6 Å². The third-order valence-electron chi connectivity index (χ3n) is 3.51. The standard InChI is InChI=1S/C17H27F2N/c1-5-6-17(4,12-20-11-13(2)3)10-14-7-15(18)9-16(19)8-14/h7-9,13,20H,5-6,10-12H2,1-4H3. The molecular weight excluding hydrogens is 256 g/mol. The van der Waals surface area contributed by atoms with Gasteiger partial charge in [-0.2, -0.15) is 0 Å². The van der Waals surface area contributed by atoms with Crippen LogP contribution >= 0.6 is 0 Å². The molecule has 0 bridgehead atoms. The molecule has 0 heterocycles. The van der Waals surface area contributed by atoms with Crippen molar-refractivity contribution in [3.8, 4) is 0 Å². The first kappa shape index (κ1) is 17.1. The Kier molecular flexibility index (Phi) is 6.60. The van der Waals surface area contributed by atoms with Gasteiger partial charge < -0.3 is 5.32 Å².